The van der Waals surface area contributed by atoms with Crippen LogP contribution in [0.1, 0.15) is 29.6 Å². The fraction of sp³-hybridized carbons (Fsp3) is 0.250. The van der Waals surface area contributed by atoms with E-state index in [0.29, 0.717) is 12.4 Å². The summed E-state index contributed by atoms with van der Waals surface area (Å²) in [5.41, 5.74) is 2.14. The van der Waals surface area contributed by atoms with Gasteiger partial charge >= 0.3 is 0 Å². The normalized spacial score (nSPS) is 12.5. The third-order valence-corrected chi connectivity index (χ3v) is 4.84. The average molecular weight is 378 g/mol. The largest absolute Gasteiger partial charge is 0.445 e. The average Bonchev–Trinajstić information content (AvgIpc) is 3.15. The van der Waals surface area contributed by atoms with Crippen molar-refractivity contribution in [3.05, 3.63) is 57.0 Å². The molecule has 0 amide bonds. The SMILES string of the molecule is Cc1ncc(CNC(C)c2nc(-c3ccc(Br)cc3)cs2)o1. The molecule has 0 bridgehead atoms. The molecule has 0 saturated carbocycles. The number of oxazole rings is 1. The van der Waals surface area contributed by atoms with Crippen molar-refractivity contribution in [3.63, 3.8) is 0 Å². The molecular formula is C16H16BrN3OS. The minimum absolute atomic E-state index is 0.166. The Hall–Kier alpha value is -1.50. The molecule has 0 aliphatic carbocycles. The summed E-state index contributed by atoms with van der Waals surface area (Å²) < 4.78 is 6.53. The van der Waals surface area contributed by atoms with E-state index >= 15 is 0 Å². The highest BCUT2D eigenvalue weighted by Crippen LogP contribution is 2.26. The summed E-state index contributed by atoms with van der Waals surface area (Å²) in [7, 11) is 0. The molecule has 0 aliphatic rings. The minimum atomic E-state index is 0.166. The van der Waals surface area contributed by atoms with Crippen molar-refractivity contribution < 1.29 is 4.42 Å². The Morgan fingerprint density at radius 3 is 2.77 bits per heavy atom. The van der Waals surface area contributed by atoms with Gasteiger partial charge in [0.25, 0.3) is 0 Å². The molecule has 1 atom stereocenters. The van der Waals surface area contributed by atoms with Crippen LogP contribution in [0.2, 0.25) is 0 Å². The lowest BCUT2D eigenvalue weighted by Crippen LogP contribution is -2.17. The molecule has 0 saturated heterocycles. The van der Waals surface area contributed by atoms with Crippen LogP contribution in [-0.4, -0.2) is 9.97 Å². The van der Waals surface area contributed by atoms with Gasteiger partial charge in [0.05, 0.1) is 24.5 Å². The van der Waals surface area contributed by atoms with E-state index in [4.69, 9.17) is 9.40 Å². The van der Waals surface area contributed by atoms with Gasteiger partial charge in [0.2, 0.25) is 0 Å². The van der Waals surface area contributed by atoms with Gasteiger partial charge in [0.1, 0.15) is 10.8 Å². The smallest absolute Gasteiger partial charge is 0.191 e. The molecule has 6 heteroatoms. The molecule has 2 aromatic heterocycles. The van der Waals surface area contributed by atoms with Crippen LogP contribution in [-0.2, 0) is 6.54 Å². The van der Waals surface area contributed by atoms with Gasteiger partial charge in [-0.05, 0) is 19.1 Å². The highest BCUT2D eigenvalue weighted by Gasteiger charge is 2.12. The van der Waals surface area contributed by atoms with Crippen molar-refractivity contribution in [2.75, 3.05) is 0 Å². The summed E-state index contributed by atoms with van der Waals surface area (Å²) in [6, 6.07) is 8.36. The van der Waals surface area contributed by atoms with E-state index < -0.39 is 0 Å². The molecule has 3 rings (SSSR count). The fourth-order valence-corrected chi connectivity index (χ4v) is 3.19. The third-order valence-electron chi connectivity index (χ3n) is 3.28. The Balaban J connectivity index is 1.66. The van der Waals surface area contributed by atoms with Gasteiger partial charge in [0.15, 0.2) is 5.89 Å². The minimum Gasteiger partial charge on any atom is -0.445 e. The Kier molecular flexibility index (Phi) is 4.71. The number of aromatic nitrogens is 2. The molecule has 1 aromatic carbocycles. The molecule has 0 spiro atoms. The third kappa shape index (κ3) is 3.63. The number of nitrogens with zero attached hydrogens (tertiary/aromatic N) is 2. The number of benzene rings is 1. The van der Waals surface area contributed by atoms with Crippen LogP contribution in [0.15, 0.2) is 44.7 Å². The van der Waals surface area contributed by atoms with E-state index in [1.807, 2.05) is 19.1 Å². The van der Waals surface area contributed by atoms with Crippen LogP contribution < -0.4 is 5.32 Å². The first-order valence-corrected chi connectivity index (χ1v) is 8.65. The lowest BCUT2D eigenvalue weighted by molar-refractivity contribution is 0.439. The van der Waals surface area contributed by atoms with E-state index in [9.17, 15) is 0 Å². The first kappa shape index (κ1) is 15.4. The second-order valence-electron chi connectivity index (χ2n) is 5.03. The highest BCUT2D eigenvalue weighted by atomic mass is 79.9. The van der Waals surface area contributed by atoms with Crippen LogP contribution in [0.3, 0.4) is 0 Å². The number of halogens is 1. The van der Waals surface area contributed by atoms with Crippen LogP contribution in [0.25, 0.3) is 11.3 Å². The van der Waals surface area contributed by atoms with Gasteiger partial charge in [-0.25, -0.2) is 9.97 Å². The summed E-state index contributed by atoms with van der Waals surface area (Å²) in [4.78, 5) is 8.82. The lowest BCUT2D eigenvalue weighted by Gasteiger charge is -2.09. The molecule has 4 nitrogen and oxygen atoms in total. The van der Waals surface area contributed by atoms with Crippen molar-refractivity contribution >= 4 is 27.3 Å². The molecule has 0 aliphatic heterocycles. The van der Waals surface area contributed by atoms with Crippen LogP contribution in [0.4, 0.5) is 0 Å². The molecule has 1 N–H and O–H groups in total. The number of aryl methyl sites for hydroxylation is 1. The molecule has 0 fully saturated rings. The monoisotopic (exact) mass is 377 g/mol. The molecule has 2 heterocycles. The summed E-state index contributed by atoms with van der Waals surface area (Å²) >= 11 is 5.11. The van der Waals surface area contributed by atoms with Crippen molar-refractivity contribution in [1.29, 1.82) is 0 Å². The predicted octanol–water partition coefficient (Wildman–Crippen LogP) is 4.72. The number of rotatable bonds is 5. The Morgan fingerprint density at radius 2 is 2.09 bits per heavy atom. The van der Waals surface area contributed by atoms with Crippen molar-refractivity contribution in [1.82, 2.24) is 15.3 Å². The van der Waals surface area contributed by atoms with Crippen LogP contribution in [0.5, 0.6) is 0 Å². The highest BCUT2D eigenvalue weighted by molar-refractivity contribution is 9.10. The van der Waals surface area contributed by atoms with Gasteiger partial charge in [-0.1, -0.05) is 28.1 Å². The van der Waals surface area contributed by atoms with E-state index in [1.54, 1.807) is 17.5 Å². The Labute approximate surface area is 141 Å². The second kappa shape index (κ2) is 6.73. The molecule has 22 heavy (non-hydrogen) atoms. The van der Waals surface area contributed by atoms with E-state index in [1.165, 1.54) is 0 Å². The van der Waals surface area contributed by atoms with Crippen molar-refractivity contribution in [2.45, 2.75) is 26.4 Å². The zero-order valence-corrected chi connectivity index (χ0v) is 14.7. The number of nitrogens with one attached hydrogen (secondary N) is 1. The first-order valence-electron chi connectivity index (χ1n) is 6.98. The molecule has 0 radical (unpaired) electrons. The number of hydrogen-bond acceptors (Lipinski definition) is 5. The maximum atomic E-state index is 5.46. The fourth-order valence-electron chi connectivity index (χ4n) is 2.07. The lowest BCUT2D eigenvalue weighted by atomic mass is 10.2. The topological polar surface area (TPSA) is 51.0 Å². The molecule has 3 aromatic rings. The number of hydrogen-bond donors (Lipinski definition) is 1. The quantitative estimate of drug-likeness (QED) is 0.698. The van der Waals surface area contributed by atoms with Crippen LogP contribution >= 0.6 is 27.3 Å². The summed E-state index contributed by atoms with van der Waals surface area (Å²) in [5, 5.41) is 6.57. The Morgan fingerprint density at radius 1 is 1.32 bits per heavy atom. The summed E-state index contributed by atoms with van der Waals surface area (Å²) in [5.74, 6) is 1.53. The standard InChI is InChI=1S/C16H16BrN3OS/c1-10(18-7-14-8-19-11(2)21-14)16-20-15(9-22-16)12-3-5-13(17)6-4-12/h3-6,8-10,18H,7H2,1-2H3. The van der Waals surface area contributed by atoms with Crippen molar-refractivity contribution in [2.24, 2.45) is 0 Å². The molecule has 1 unspecified atom stereocenters. The van der Waals surface area contributed by atoms with Crippen molar-refractivity contribution in [3.8, 4) is 11.3 Å². The molecule has 114 valence electrons. The van der Waals surface area contributed by atoms with Gasteiger partial charge < -0.3 is 9.73 Å². The zero-order valence-electron chi connectivity index (χ0n) is 12.3. The van der Waals surface area contributed by atoms with E-state index in [-0.39, 0.29) is 6.04 Å². The van der Waals surface area contributed by atoms with Gasteiger partial charge in [-0.3, -0.25) is 0 Å². The summed E-state index contributed by atoms with van der Waals surface area (Å²) in [6.45, 7) is 4.60. The zero-order chi connectivity index (χ0) is 15.5. The van der Waals surface area contributed by atoms with E-state index in [2.05, 4.69) is 50.7 Å². The molecular weight excluding hydrogens is 362 g/mol. The van der Waals surface area contributed by atoms with Gasteiger partial charge in [0, 0.05) is 22.3 Å². The predicted molar refractivity (Wildman–Crippen MR) is 91.7 cm³/mol. The number of thiazole rings is 1. The van der Waals surface area contributed by atoms with E-state index in [0.717, 1.165) is 26.5 Å². The van der Waals surface area contributed by atoms with Gasteiger partial charge in [-0.15, -0.1) is 11.3 Å². The van der Waals surface area contributed by atoms with Crippen LogP contribution in [0, 0.1) is 6.92 Å². The summed E-state index contributed by atoms with van der Waals surface area (Å²) in [6.07, 6.45) is 1.75. The Bertz CT molecular complexity index is 751. The second-order valence-corrected chi connectivity index (χ2v) is 6.83. The first-order chi connectivity index (χ1) is 10.6. The maximum absolute atomic E-state index is 5.46. The maximum Gasteiger partial charge on any atom is 0.191 e. The van der Waals surface area contributed by atoms with Gasteiger partial charge in [-0.2, -0.15) is 0 Å².